The van der Waals surface area contributed by atoms with Crippen molar-refractivity contribution in [2.45, 2.75) is 6.92 Å². The summed E-state index contributed by atoms with van der Waals surface area (Å²) in [6.07, 6.45) is 0. The van der Waals surface area contributed by atoms with Crippen LogP contribution in [-0.4, -0.2) is 22.7 Å². The number of hydrogen-bond acceptors (Lipinski definition) is 5. The molecule has 2 aromatic rings. The summed E-state index contributed by atoms with van der Waals surface area (Å²) in [6, 6.07) is 5.64. The maximum atomic E-state index is 12.8. The number of benzene rings is 1. The normalized spacial score (nSPS) is 10.3. The summed E-state index contributed by atoms with van der Waals surface area (Å²) >= 11 is 1.01. The molecule has 6 heteroatoms. The second-order valence-electron chi connectivity index (χ2n) is 3.40. The molecule has 0 fully saturated rings. The molecule has 0 saturated heterocycles. The van der Waals surface area contributed by atoms with Crippen molar-refractivity contribution in [2.75, 3.05) is 6.61 Å². The lowest BCUT2D eigenvalue weighted by atomic mass is 10.2. The van der Waals surface area contributed by atoms with Crippen LogP contribution in [0.15, 0.2) is 24.3 Å². The number of rotatable bonds is 3. The fourth-order valence-corrected chi connectivity index (χ4v) is 2.22. The van der Waals surface area contributed by atoms with Gasteiger partial charge in [-0.25, -0.2) is 14.2 Å². The summed E-state index contributed by atoms with van der Waals surface area (Å²) in [4.78, 5) is 15.4. The van der Waals surface area contributed by atoms with Gasteiger partial charge in [0.1, 0.15) is 10.8 Å². The van der Waals surface area contributed by atoms with E-state index in [2.05, 4.69) is 4.98 Å². The van der Waals surface area contributed by atoms with Crippen LogP contribution in [0.2, 0.25) is 0 Å². The van der Waals surface area contributed by atoms with Gasteiger partial charge in [-0.3, -0.25) is 0 Å². The van der Waals surface area contributed by atoms with Crippen molar-refractivity contribution in [3.8, 4) is 16.5 Å². The molecule has 1 heterocycles. The maximum absolute atomic E-state index is 12.8. The number of nitrogens with zero attached hydrogens (tertiary/aromatic N) is 1. The Bertz CT molecular complexity index is 565. The standard InChI is InChI=1S/C12H10FNO3S/c1-2-17-12(16)9-10(15)14-11(18-9)7-3-5-8(13)6-4-7/h3-6,15H,2H2,1H3. The second-order valence-corrected chi connectivity index (χ2v) is 4.40. The highest BCUT2D eigenvalue weighted by atomic mass is 32.1. The van der Waals surface area contributed by atoms with Crippen molar-refractivity contribution < 1.29 is 19.0 Å². The molecule has 1 aromatic carbocycles. The van der Waals surface area contributed by atoms with Gasteiger partial charge in [0, 0.05) is 5.56 Å². The van der Waals surface area contributed by atoms with Crippen LogP contribution in [-0.2, 0) is 4.74 Å². The lowest BCUT2D eigenvalue weighted by Gasteiger charge is -1.97. The Morgan fingerprint density at radius 3 is 2.72 bits per heavy atom. The molecule has 0 spiro atoms. The molecule has 0 radical (unpaired) electrons. The number of hydrogen-bond donors (Lipinski definition) is 1. The van der Waals surface area contributed by atoms with Crippen LogP contribution in [0.3, 0.4) is 0 Å². The summed E-state index contributed by atoms with van der Waals surface area (Å²) in [5, 5.41) is 10.0. The van der Waals surface area contributed by atoms with E-state index < -0.39 is 5.97 Å². The molecular formula is C12H10FNO3S. The molecule has 1 N–H and O–H groups in total. The molecule has 0 atom stereocenters. The molecule has 2 rings (SSSR count). The number of ether oxygens (including phenoxy) is 1. The highest BCUT2D eigenvalue weighted by Crippen LogP contribution is 2.32. The van der Waals surface area contributed by atoms with Crippen LogP contribution in [0, 0.1) is 5.82 Å². The van der Waals surface area contributed by atoms with Crippen molar-refractivity contribution in [1.82, 2.24) is 4.98 Å². The minimum atomic E-state index is -0.610. The highest BCUT2D eigenvalue weighted by Gasteiger charge is 2.19. The Morgan fingerprint density at radius 1 is 1.44 bits per heavy atom. The van der Waals surface area contributed by atoms with Gasteiger partial charge in [-0.05, 0) is 31.2 Å². The van der Waals surface area contributed by atoms with Crippen molar-refractivity contribution in [1.29, 1.82) is 0 Å². The monoisotopic (exact) mass is 267 g/mol. The van der Waals surface area contributed by atoms with E-state index in [1.807, 2.05) is 0 Å². The smallest absolute Gasteiger partial charge is 0.353 e. The summed E-state index contributed by atoms with van der Waals surface area (Å²) < 4.78 is 17.6. The first-order chi connectivity index (χ1) is 8.61. The number of esters is 1. The van der Waals surface area contributed by atoms with E-state index in [0.717, 1.165) is 11.3 Å². The van der Waals surface area contributed by atoms with Crippen molar-refractivity contribution in [2.24, 2.45) is 0 Å². The van der Waals surface area contributed by atoms with Gasteiger partial charge in [0.2, 0.25) is 5.88 Å². The summed E-state index contributed by atoms with van der Waals surface area (Å²) in [5.74, 6) is -1.33. The summed E-state index contributed by atoms with van der Waals surface area (Å²) in [6.45, 7) is 1.90. The van der Waals surface area contributed by atoms with Crippen LogP contribution in [0.25, 0.3) is 10.6 Å². The van der Waals surface area contributed by atoms with Gasteiger partial charge in [-0.2, -0.15) is 0 Å². The largest absolute Gasteiger partial charge is 0.492 e. The predicted molar refractivity (Wildman–Crippen MR) is 65.1 cm³/mol. The quantitative estimate of drug-likeness (QED) is 0.869. The fraction of sp³-hybridized carbons (Fsp3) is 0.167. The van der Waals surface area contributed by atoms with E-state index in [9.17, 15) is 14.3 Å². The van der Waals surface area contributed by atoms with Gasteiger partial charge in [0.05, 0.1) is 6.61 Å². The average molecular weight is 267 g/mol. The van der Waals surface area contributed by atoms with E-state index in [0.29, 0.717) is 10.6 Å². The van der Waals surface area contributed by atoms with E-state index >= 15 is 0 Å². The van der Waals surface area contributed by atoms with Crippen molar-refractivity contribution >= 4 is 17.3 Å². The van der Waals surface area contributed by atoms with Gasteiger partial charge < -0.3 is 9.84 Å². The number of thiazole rings is 1. The first-order valence-corrected chi connectivity index (χ1v) is 6.06. The molecule has 0 unspecified atom stereocenters. The number of halogens is 1. The Morgan fingerprint density at radius 2 is 2.11 bits per heavy atom. The highest BCUT2D eigenvalue weighted by molar-refractivity contribution is 7.17. The van der Waals surface area contributed by atoms with Crippen LogP contribution < -0.4 is 0 Å². The first kappa shape index (κ1) is 12.5. The molecule has 0 amide bonds. The Balaban J connectivity index is 2.34. The first-order valence-electron chi connectivity index (χ1n) is 5.24. The molecule has 0 bridgehead atoms. The average Bonchev–Trinajstić information content (AvgIpc) is 2.72. The number of carbonyl (C=O) groups excluding carboxylic acids is 1. The SMILES string of the molecule is CCOC(=O)c1sc(-c2ccc(F)cc2)nc1O. The molecule has 94 valence electrons. The Labute approximate surface area is 107 Å². The van der Waals surface area contributed by atoms with E-state index in [-0.39, 0.29) is 23.2 Å². The molecule has 0 aliphatic carbocycles. The summed E-state index contributed by atoms with van der Waals surface area (Å²) in [5.41, 5.74) is 0.632. The minimum absolute atomic E-state index is 0.0520. The van der Waals surface area contributed by atoms with Crippen LogP contribution in [0.4, 0.5) is 4.39 Å². The molecule has 0 aliphatic heterocycles. The summed E-state index contributed by atoms with van der Waals surface area (Å²) in [7, 11) is 0. The van der Waals surface area contributed by atoms with Crippen molar-refractivity contribution in [3.63, 3.8) is 0 Å². The third-order valence-electron chi connectivity index (χ3n) is 2.16. The molecule has 0 saturated carbocycles. The third-order valence-corrected chi connectivity index (χ3v) is 3.23. The lowest BCUT2D eigenvalue weighted by Crippen LogP contribution is -2.02. The maximum Gasteiger partial charge on any atom is 0.353 e. The number of aromatic hydroxyl groups is 1. The second kappa shape index (κ2) is 5.14. The van der Waals surface area contributed by atoms with Gasteiger partial charge >= 0.3 is 5.97 Å². The fourth-order valence-electron chi connectivity index (χ4n) is 1.36. The van der Waals surface area contributed by atoms with E-state index in [4.69, 9.17) is 4.74 Å². The van der Waals surface area contributed by atoms with E-state index in [1.54, 1.807) is 6.92 Å². The Hall–Kier alpha value is -1.95. The van der Waals surface area contributed by atoms with Crippen LogP contribution >= 0.6 is 11.3 Å². The zero-order chi connectivity index (χ0) is 13.1. The van der Waals surface area contributed by atoms with Crippen LogP contribution in [0.5, 0.6) is 5.88 Å². The van der Waals surface area contributed by atoms with Crippen LogP contribution in [0.1, 0.15) is 16.6 Å². The molecule has 18 heavy (non-hydrogen) atoms. The molecule has 0 aliphatic rings. The predicted octanol–water partition coefficient (Wildman–Crippen LogP) is 2.83. The topological polar surface area (TPSA) is 59.4 Å². The number of aromatic nitrogens is 1. The molecule has 1 aromatic heterocycles. The zero-order valence-electron chi connectivity index (χ0n) is 9.51. The lowest BCUT2D eigenvalue weighted by molar-refractivity contribution is 0.0528. The molecule has 4 nitrogen and oxygen atoms in total. The zero-order valence-corrected chi connectivity index (χ0v) is 10.3. The molecular weight excluding hydrogens is 257 g/mol. The van der Waals surface area contributed by atoms with Gasteiger partial charge in [0.25, 0.3) is 0 Å². The number of carbonyl (C=O) groups is 1. The van der Waals surface area contributed by atoms with E-state index in [1.165, 1.54) is 24.3 Å². The minimum Gasteiger partial charge on any atom is -0.492 e. The van der Waals surface area contributed by atoms with Gasteiger partial charge in [-0.15, -0.1) is 11.3 Å². The third kappa shape index (κ3) is 2.48. The van der Waals surface area contributed by atoms with Crippen molar-refractivity contribution in [3.05, 3.63) is 35.0 Å². The van der Waals surface area contributed by atoms with Gasteiger partial charge in [-0.1, -0.05) is 0 Å². The Kier molecular flexibility index (Phi) is 3.57. The van der Waals surface area contributed by atoms with Gasteiger partial charge in [0.15, 0.2) is 4.88 Å².